The van der Waals surface area contributed by atoms with Gasteiger partial charge >= 0.3 is 0 Å². The Hall–Kier alpha value is -6.22. The van der Waals surface area contributed by atoms with Crippen molar-refractivity contribution < 1.29 is 0 Å². The largest absolute Gasteiger partial charge is 0.311 e. The van der Waals surface area contributed by atoms with E-state index in [1.807, 2.05) is 0 Å². The van der Waals surface area contributed by atoms with E-state index in [9.17, 15) is 0 Å². The normalized spacial score (nSPS) is 13.0. The molecule has 0 saturated heterocycles. The highest BCUT2D eigenvalue weighted by Crippen LogP contribution is 2.41. The number of nitrogens with zero attached hydrogens (tertiary/aromatic N) is 1. The van der Waals surface area contributed by atoms with Crippen LogP contribution in [0.3, 0.4) is 0 Å². The summed E-state index contributed by atoms with van der Waals surface area (Å²) in [5, 5.41) is 5.96. The highest BCUT2D eigenvalue weighted by Gasteiger charge is 2.53. The van der Waals surface area contributed by atoms with E-state index in [0.717, 1.165) is 11.4 Å². The molecule has 0 N–H and O–H groups in total. The fourth-order valence-corrected chi connectivity index (χ4v) is 14.2. The van der Waals surface area contributed by atoms with Gasteiger partial charge < -0.3 is 4.90 Å². The molecule has 0 radical (unpaired) electrons. The molecule has 0 unspecified atom stereocenters. The Bertz CT molecular complexity index is 2370. The van der Waals surface area contributed by atoms with Crippen molar-refractivity contribution in [2.24, 2.45) is 0 Å². The highest BCUT2D eigenvalue weighted by molar-refractivity contribution is 7.24. The lowest BCUT2D eigenvalue weighted by atomic mass is 10.0. The van der Waals surface area contributed by atoms with Gasteiger partial charge in [-0.2, -0.15) is 0 Å². The molecule has 0 aliphatic carbocycles. The summed E-state index contributed by atoms with van der Waals surface area (Å²) in [4.78, 5) is 2.43. The van der Waals surface area contributed by atoms with Crippen LogP contribution in [0.5, 0.6) is 0 Å². The van der Waals surface area contributed by atoms with Crippen molar-refractivity contribution >= 4 is 45.9 Å². The summed E-state index contributed by atoms with van der Waals surface area (Å²) >= 11 is 0. The molecular weight excluding hydrogens is 619 g/mol. The molecule has 2 heterocycles. The van der Waals surface area contributed by atoms with Gasteiger partial charge in [0, 0.05) is 17.1 Å². The molecule has 10 rings (SSSR count). The maximum atomic E-state index is 2.52. The van der Waals surface area contributed by atoms with Gasteiger partial charge in [-0.15, -0.1) is 0 Å². The number of benzene rings is 8. The average molecular weight is 652 g/mol. The van der Waals surface area contributed by atoms with E-state index in [-0.39, 0.29) is 0 Å². The minimum atomic E-state index is -2.56. The summed E-state index contributed by atoms with van der Waals surface area (Å²) in [6.45, 7) is 0. The molecule has 1 spiro atoms. The van der Waals surface area contributed by atoms with Crippen molar-refractivity contribution in [2.75, 3.05) is 4.90 Å². The number of rotatable bonds is 5. The summed E-state index contributed by atoms with van der Waals surface area (Å²) in [5.74, 6) is 0. The summed E-state index contributed by atoms with van der Waals surface area (Å²) in [7, 11) is -2.56. The standard InChI is InChI=1S/C48H33NSi/c1-3-13-34(14-4-1)36-23-27-38(28-24-36)49(39-29-25-37(26-30-39)35-15-5-2-6-16-35)40-31-32-44-43-19-9-12-22-47(43)50(48(44)33-40)45-20-10-7-17-41(45)42-18-8-11-21-46(42)50/h1-33H. The Morgan fingerprint density at radius 1 is 0.260 bits per heavy atom. The first-order chi connectivity index (χ1) is 24.8. The lowest BCUT2D eigenvalue weighted by Gasteiger charge is -2.30. The van der Waals surface area contributed by atoms with Gasteiger partial charge in [-0.05, 0) is 102 Å². The minimum absolute atomic E-state index is 1.13. The van der Waals surface area contributed by atoms with Crippen molar-refractivity contribution in [3.63, 3.8) is 0 Å². The van der Waals surface area contributed by atoms with Gasteiger partial charge in [-0.3, -0.25) is 0 Å². The van der Waals surface area contributed by atoms with Gasteiger partial charge in [0.05, 0.1) is 0 Å². The van der Waals surface area contributed by atoms with Gasteiger partial charge in [0.15, 0.2) is 8.07 Å². The van der Waals surface area contributed by atoms with Crippen LogP contribution in [0.25, 0.3) is 44.5 Å². The quantitative estimate of drug-likeness (QED) is 0.168. The van der Waals surface area contributed by atoms with Gasteiger partial charge in [0.1, 0.15) is 0 Å². The van der Waals surface area contributed by atoms with Crippen LogP contribution < -0.4 is 25.6 Å². The molecule has 8 aromatic carbocycles. The molecular formula is C48H33NSi. The van der Waals surface area contributed by atoms with Gasteiger partial charge in [0.2, 0.25) is 0 Å². The molecule has 8 aromatic rings. The van der Waals surface area contributed by atoms with Crippen molar-refractivity contribution in [1.82, 2.24) is 0 Å². The summed E-state index contributed by atoms with van der Waals surface area (Å²) < 4.78 is 0. The molecule has 2 heteroatoms. The van der Waals surface area contributed by atoms with Crippen LogP contribution in [0.2, 0.25) is 0 Å². The van der Waals surface area contributed by atoms with Crippen LogP contribution in [-0.2, 0) is 0 Å². The van der Waals surface area contributed by atoms with Gasteiger partial charge in [0.25, 0.3) is 0 Å². The first-order valence-electron chi connectivity index (χ1n) is 17.4. The molecule has 0 bridgehead atoms. The molecule has 0 amide bonds. The predicted molar refractivity (Wildman–Crippen MR) is 214 cm³/mol. The number of anilines is 3. The second kappa shape index (κ2) is 11.4. The van der Waals surface area contributed by atoms with Crippen molar-refractivity contribution in [2.45, 2.75) is 0 Å². The van der Waals surface area contributed by atoms with Gasteiger partial charge in [-0.25, -0.2) is 0 Å². The van der Waals surface area contributed by atoms with E-state index in [1.165, 1.54) is 70.9 Å². The summed E-state index contributed by atoms with van der Waals surface area (Å²) in [6.07, 6.45) is 0. The third-order valence-electron chi connectivity index (χ3n) is 10.7. The number of fused-ring (bicyclic) bond motifs is 10. The van der Waals surface area contributed by atoms with Gasteiger partial charge in [-0.1, -0.05) is 164 Å². The van der Waals surface area contributed by atoms with Crippen molar-refractivity contribution in [3.05, 3.63) is 200 Å². The maximum absolute atomic E-state index is 2.56. The Balaban J connectivity index is 1.18. The lowest BCUT2D eigenvalue weighted by molar-refractivity contribution is 1.29. The predicted octanol–water partition coefficient (Wildman–Crippen LogP) is 9.83. The number of hydrogen-bond acceptors (Lipinski definition) is 1. The summed E-state index contributed by atoms with van der Waals surface area (Å²) in [6, 6.07) is 74.1. The van der Waals surface area contributed by atoms with Crippen molar-refractivity contribution in [3.8, 4) is 44.5 Å². The maximum Gasteiger partial charge on any atom is 0.182 e. The average Bonchev–Trinajstić information content (AvgIpc) is 3.66. The fourth-order valence-electron chi connectivity index (χ4n) is 8.54. The van der Waals surface area contributed by atoms with E-state index in [1.54, 1.807) is 0 Å². The van der Waals surface area contributed by atoms with Crippen LogP contribution in [0.4, 0.5) is 17.1 Å². The monoisotopic (exact) mass is 651 g/mol. The van der Waals surface area contributed by atoms with Crippen LogP contribution >= 0.6 is 0 Å². The smallest absolute Gasteiger partial charge is 0.182 e. The Morgan fingerprint density at radius 2 is 0.600 bits per heavy atom. The van der Waals surface area contributed by atoms with Crippen LogP contribution in [0.1, 0.15) is 0 Å². The van der Waals surface area contributed by atoms with E-state index in [0.29, 0.717) is 0 Å². The summed E-state index contributed by atoms with van der Waals surface area (Å²) in [5.41, 5.74) is 13.8. The lowest BCUT2D eigenvalue weighted by Crippen LogP contribution is -2.70. The van der Waals surface area contributed by atoms with Crippen LogP contribution in [-0.4, -0.2) is 8.07 Å². The molecule has 0 atom stereocenters. The molecule has 2 aliphatic heterocycles. The highest BCUT2D eigenvalue weighted by atomic mass is 28.3. The molecule has 234 valence electrons. The molecule has 50 heavy (non-hydrogen) atoms. The molecule has 0 fully saturated rings. The second-order valence-electron chi connectivity index (χ2n) is 13.3. The molecule has 2 aliphatic rings. The first kappa shape index (κ1) is 28.8. The van der Waals surface area contributed by atoms with E-state index < -0.39 is 8.07 Å². The van der Waals surface area contributed by atoms with E-state index >= 15 is 0 Å². The Kier molecular flexibility index (Phi) is 6.58. The SMILES string of the molecule is c1ccc(-c2ccc(N(c3ccc(-c4ccccc4)cc3)c3ccc4c(c3)[Si]3(c5ccccc5-c5ccccc53)c3ccccc3-4)cc2)cc1. The van der Waals surface area contributed by atoms with Crippen molar-refractivity contribution in [1.29, 1.82) is 0 Å². The van der Waals surface area contributed by atoms with Crippen LogP contribution in [0, 0.1) is 0 Å². The first-order valence-corrected chi connectivity index (χ1v) is 19.4. The molecule has 0 saturated carbocycles. The zero-order valence-electron chi connectivity index (χ0n) is 27.5. The van der Waals surface area contributed by atoms with E-state index in [2.05, 4.69) is 205 Å². The second-order valence-corrected chi connectivity index (χ2v) is 16.9. The molecule has 0 aromatic heterocycles. The third-order valence-corrected chi connectivity index (χ3v) is 15.7. The number of hydrogen-bond donors (Lipinski definition) is 0. The minimum Gasteiger partial charge on any atom is -0.311 e. The van der Waals surface area contributed by atoms with Crippen LogP contribution in [0.15, 0.2) is 200 Å². The third kappa shape index (κ3) is 4.25. The molecule has 1 nitrogen and oxygen atoms in total. The Labute approximate surface area is 294 Å². The zero-order chi connectivity index (χ0) is 33.1. The fraction of sp³-hybridized carbons (Fsp3) is 0. The Morgan fingerprint density at radius 3 is 1.04 bits per heavy atom. The zero-order valence-corrected chi connectivity index (χ0v) is 28.5. The topological polar surface area (TPSA) is 3.24 Å². The van der Waals surface area contributed by atoms with E-state index in [4.69, 9.17) is 0 Å².